The summed E-state index contributed by atoms with van der Waals surface area (Å²) in [6.07, 6.45) is 3.40. The van der Waals surface area contributed by atoms with Crippen LogP contribution in [0.4, 0.5) is 5.69 Å². The molecule has 2 atom stereocenters. The molecule has 3 aromatic rings. The lowest BCUT2D eigenvalue weighted by atomic mass is 9.96. The molecule has 2 heterocycles. The molecule has 0 bridgehead atoms. The van der Waals surface area contributed by atoms with E-state index in [-0.39, 0.29) is 6.04 Å². The Hall–Kier alpha value is -2.96. The number of aryl methyl sites for hydroxylation is 1. The Morgan fingerprint density at radius 2 is 1.62 bits per heavy atom. The van der Waals surface area contributed by atoms with E-state index < -0.39 is 0 Å². The number of benzene rings is 2. The van der Waals surface area contributed by atoms with Crippen LogP contribution in [0, 0.1) is 6.92 Å². The minimum atomic E-state index is 0.269. The summed E-state index contributed by atoms with van der Waals surface area (Å²) >= 11 is 0. The number of piperidine rings is 1. The maximum absolute atomic E-state index is 5.96. The van der Waals surface area contributed by atoms with E-state index in [1.54, 1.807) is 14.2 Å². The highest BCUT2D eigenvalue weighted by Crippen LogP contribution is 2.35. The highest BCUT2D eigenvalue weighted by atomic mass is 16.5. The van der Waals surface area contributed by atoms with Crippen molar-refractivity contribution in [2.45, 2.75) is 64.6 Å². The van der Waals surface area contributed by atoms with Crippen molar-refractivity contribution in [1.29, 1.82) is 0 Å². The third-order valence-electron chi connectivity index (χ3n) is 8.34. The summed E-state index contributed by atoms with van der Waals surface area (Å²) < 4.78 is 17.1. The number of anilines is 1. The van der Waals surface area contributed by atoms with E-state index in [0.717, 1.165) is 55.6 Å². The maximum Gasteiger partial charge on any atom is 0.161 e. The maximum atomic E-state index is 5.96. The summed E-state index contributed by atoms with van der Waals surface area (Å²) in [4.78, 5) is 7.47. The van der Waals surface area contributed by atoms with Gasteiger partial charge in [0.05, 0.1) is 14.2 Å². The molecule has 2 aromatic carbocycles. The molecule has 6 heteroatoms. The van der Waals surface area contributed by atoms with Crippen LogP contribution in [0.5, 0.6) is 11.5 Å². The average molecular weight is 534 g/mol. The zero-order valence-corrected chi connectivity index (χ0v) is 24.9. The fraction of sp³-hybridized carbons (Fsp3) is 0.515. The fourth-order valence-electron chi connectivity index (χ4n) is 5.77. The quantitative estimate of drug-likeness (QED) is 0.252. The number of furan rings is 1. The number of ether oxygens (including phenoxy) is 2. The monoisotopic (exact) mass is 533 g/mol. The predicted octanol–water partition coefficient (Wildman–Crippen LogP) is 6.89. The second-order valence-corrected chi connectivity index (χ2v) is 11.2. The SMILES string of the molecule is COc1ccc(C(C)N(CCC(C)c2ccc(C)o2)C2CCN(Cc3ccc(N(C)C)cc3)CC2)cc1OC. The van der Waals surface area contributed by atoms with Crippen molar-refractivity contribution in [3.05, 3.63) is 77.2 Å². The molecular formula is C33H47N3O3. The highest BCUT2D eigenvalue weighted by molar-refractivity contribution is 5.46. The molecule has 0 radical (unpaired) electrons. The zero-order valence-electron chi connectivity index (χ0n) is 24.9. The number of rotatable bonds is 12. The van der Waals surface area contributed by atoms with E-state index in [9.17, 15) is 0 Å². The highest BCUT2D eigenvalue weighted by Gasteiger charge is 2.29. The molecule has 6 nitrogen and oxygen atoms in total. The van der Waals surface area contributed by atoms with Gasteiger partial charge in [-0.3, -0.25) is 9.80 Å². The standard InChI is InChI=1S/C33H47N3O3/c1-24(31-14-8-25(2)39-31)16-21-36(26(3)28-11-15-32(37-6)33(22-28)38-7)30-17-19-35(20-18-30)23-27-9-12-29(13-10-27)34(4)5/h8-15,22,24,26,30H,16-21,23H2,1-7H3. The Morgan fingerprint density at radius 1 is 0.923 bits per heavy atom. The van der Waals surface area contributed by atoms with E-state index >= 15 is 0 Å². The third kappa shape index (κ3) is 7.37. The largest absolute Gasteiger partial charge is 0.493 e. The zero-order chi connectivity index (χ0) is 27.9. The molecule has 0 saturated carbocycles. The Morgan fingerprint density at radius 3 is 2.21 bits per heavy atom. The van der Waals surface area contributed by atoms with Gasteiger partial charge in [0.15, 0.2) is 11.5 Å². The van der Waals surface area contributed by atoms with Crippen molar-refractivity contribution in [2.75, 3.05) is 52.8 Å². The van der Waals surface area contributed by atoms with Gasteiger partial charge in [-0.2, -0.15) is 0 Å². The molecule has 4 rings (SSSR count). The van der Waals surface area contributed by atoms with E-state index in [2.05, 4.69) is 91.2 Å². The molecule has 1 aliphatic heterocycles. The van der Waals surface area contributed by atoms with E-state index in [1.165, 1.54) is 29.7 Å². The molecule has 2 unspecified atom stereocenters. The van der Waals surface area contributed by atoms with Gasteiger partial charge in [-0.1, -0.05) is 25.1 Å². The normalized spacial score (nSPS) is 16.3. The van der Waals surface area contributed by atoms with Gasteiger partial charge in [0.2, 0.25) is 0 Å². The van der Waals surface area contributed by atoms with Gasteiger partial charge in [0.1, 0.15) is 11.5 Å². The Balaban J connectivity index is 1.45. The van der Waals surface area contributed by atoms with Crippen LogP contribution in [0.15, 0.2) is 59.0 Å². The summed E-state index contributed by atoms with van der Waals surface area (Å²) in [5, 5.41) is 0. The molecule has 1 saturated heterocycles. The van der Waals surface area contributed by atoms with Gasteiger partial charge in [0, 0.05) is 44.3 Å². The molecule has 0 N–H and O–H groups in total. The van der Waals surface area contributed by atoms with Crippen LogP contribution < -0.4 is 14.4 Å². The number of methoxy groups -OCH3 is 2. The number of likely N-dealkylation sites (tertiary alicyclic amines) is 1. The minimum Gasteiger partial charge on any atom is -0.493 e. The first-order valence-electron chi connectivity index (χ1n) is 14.3. The van der Waals surface area contributed by atoms with Gasteiger partial charge in [-0.15, -0.1) is 0 Å². The summed E-state index contributed by atoms with van der Waals surface area (Å²) in [7, 11) is 7.58. The van der Waals surface area contributed by atoms with Crippen LogP contribution in [0.2, 0.25) is 0 Å². The van der Waals surface area contributed by atoms with Crippen LogP contribution >= 0.6 is 0 Å². The fourth-order valence-corrected chi connectivity index (χ4v) is 5.77. The molecule has 1 aromatic heterocycles. The van der Waals surface area contributed by atoms with Crippen LogP contribution in [0.1, 0.15) is 67.7 Å². The van der Waals surface area contributed by atoms with E-state index in [4.69, 9.17) is 13.9 Å². The first kappa shape index (κ1) is 29.0. The van der Waals surface area contributed by atoms with Crippen molar-refractivity contribution in [3.8, 4) is 11.5 Å². The molecule has 1 fully saturated rings. The Kier molecular flexibility index (Phi) is 9.98. The molecule has 0 amide bonds. The van der Waals surface area contributed by atoms with Crippen LogP contribution in [-0.2, 0) is 6.54 Å². The Labute approximate surface area is 235 Å². The lowest BCUT2D eigenvalue weighted by molar-refractivity contribution is 0.0729. The van der Waals surface area contributed by atoms with Gasteiger partial charge in [-0.05, 0) is 100 Å². The molecule has 0 aliphatic carbocycles. The van der Waals surface area contributed by atoms with Crippen molar-refractivity contribution >= 4 is 5.69 Å². The third-order valence-corrected chi connectivity index (χ3v) is 8.34. The van der Waals surface area contributed by atoms with Crippen molar-refractivity contribution in [2.24, 2.45) is 0 Å². The smallest absolute Gasteiger partial charge is 0.161 e. The summed E-state index contributed by atoms with van der Waals surface area (Å²) in [5.41, 5.74) is 3.89. The Bertz CT molecular complexity index is 1170. The van der Waals surface area contributed by atoms with Gasteiger partial charge >= 0.3 is 0 Å². The van der Waals surface area contributed by atoms with E-state index in [1.807, 2.05) is 13.0 Å². The first-order chi connectivity index (χ1) is 18.8. The van der Waals surface area contributed by atoms with Crippen molar-refractivity contribution in [3.63, 3.8) is 0 Å². The van der Waals surface area contributed by atoms with Crippen molar-refractivity contribution in [1.82, 2.24) is 9.80 Å². The molecular weight excluding hydrogens is 486 g/mol. The van der Waals surface area contributed by atoms with Crippen LogP contribution in [0.3, 0.4) is 0 Å². The topological polar surface area (TPSA) is 41.3 Å². The summed E-state index contributed by atoms with van der Waals surface area (Å²) in [6.45, 7) is 10.9. The minimum absolute atomic E-state index is 0.269. The van der Waals surface area contributed by atoms with Gasteiger partial charge in [0.25, 0.3) is 0 Å². The van der Waals surface area contributed by atoms with Crippen LogP contribution in [-0.4, -0.2) is 63.8 Å². The van der Waals surface area contributed by atoms with Gasteiger partial charge < -0.3 is 18.8 Å². The second-order valence-electron chi connectivity index (χ2n) is 11.2. The molecule has 1 aliphatic rings. The second kappa shape index (κ2) is 13.4. The number of nitrogens with zero attached hydrogens (tertiary/aromatic N) is 3. The average Bonchev–Trinajstić information content (AvgIpc) is 3.40. The molecule has 0 spiro atoms. The van der Waals surface area contributed by atoms with E-state index in [0.29, 0.717) is 12.0 Å². The van der Waals surface area contributed by atoms with Gasteiger partial charge in [-0.25, -0.2) is 0 Å². The summed E-state index contributed by atoms with van der Waals surface area (Å²) in [6, 6.07) is 20.3. The number of hydrogen-bond acceptors (Lipinski definition) is 6. The molecule has 212 valence electrons. The number of hydrogen-bond donors (Lipinski definition) is 0. The summed E-state index contributed by atoms with van der Waals surface area (Å²) in [5.74, 6) is 4.01. The lowest BCUT2D eigenvalue weighted by Gasteiger charge is -2.42. The van der Waals surface area contributed by atoms with Crippen molar-refractivity contribution < 1.29 is 13.9 Å². The molecule has 39 heavy (non-hydrogen) atoms. The lowest BCUT2D eigenvalue weighted by Crippen LogP contribution is -2.46. The first-order valence-corrected chi connectivity index (χ1v) is 14.3. The van der Waals surface area contributed by atoms with Crippen LogP contribution in [0.25, 0.3) is 0 Å². The predicted molar refractivity (Wildman–Crippen MR) is 160 cm³/mol.